The number of carbonyl (C=O) groups excluding carboxylic acids is 1. The zero-order chi connectivity index (χ0) is 10.1. The molecule has 0 saturated heterocycles. The highest BCUT2D eigenvalue weighted by atomic mass is 32.1. The molecule has 0 radical (unpaired) electrons. The fourth-order valence-electron chi connectivity index (χ4n) is 1.21. The first kappa shape index (κ1) is 9.21. The predicted molar refractivity (Wildman–Crippen MR) is 53.8 cm³/mol. The Morgan fingerprint density at radius 3 is 3.07 bits per heavy atom. The van der Waals surface area contributed by atoms with Crippen molar-refractivity contribution in [3.63, 3.8) is 0 Å². The van der Waals surface area contributed by atoms with Gasteiger partial charge in [0, 0.05) is 17.3 Å². The van der Waals surface area contributed by atoms with Crippen molar-refractivity contribution in [1.29, 1.82) is 0 Å². The predicted octanol–water partition coefficient (Wildman–Crippen LogP) is 1.88. The molecule has 4 nitrogen and oxygen atoms in total. The maximum atomic E-state index is 11.3. The van der Waals surface area contributed by atoms with Crippen LogP contribution in [0.3, 0.4) is 0 Å². The van der Waals surface area contributed by atoms with Gasteiger partial charge in [-0.3, -0.25) is 4.40 Å². The molecule has 0 bridgehead atoms. The van der Waals surface area contributed by atoms with Gasteiger partial charge in [-0.15, -0.1) is 11.3 Å². The minimum atomic E-state index is -0.360. The van der Waals surface area contributed by atoms with Crippen molar-refractivity contribution in [3.8, 4) is 0 Å². The highest BCUT2D eigenvalue weighted by Gasteiger charge is 2.12. The number of imidazole rings is 1. The Morgan fingerprint density at radius 2 is 2.43 bits per heavy atom. The number of rotatable bonds is 2. The van der Waals surface area contributed by atoms with Gasteiger partial charge < -0.3 is 4.74 Å². The quantitative estimate of drug-likeness (QED) is 0.711. The molecule has 14 heavy (non-hydrogen) atoms. The third-order valence-corrected chi connectivity index (χ3v) is 2.67. The molecule has 0 atom stereocenters. The molecule has 0 aromatic carbocycles. The van der Waals surface area contributed by atoms with Gasteiger partial charge in [-0.2, -0.15) is 0 Å². The number of aromatic nitrogens is 2. The van der Waals surface area contributed by atoms with Crippen LogP contribution in [0.2, 0.25) is 0 Å². The summed E-state index contributed by atoms with van der Waals surface area (Å²) in [6, 6.07) is 0. The molecule has 0 aliphatic carbocycles. The first-order valence-electron chi connectivity index (χ1n) is 4.33. The molecule has 2 rings (SSSR count). The van der Waals surface area contributed by atoms with Crippen LogP contribution in [0.5, 0.6) is 0 Å². The van der Waals surface area contributed by atoms with Crippen LogP contribution in [0, 0.1) is 6.92 Å². The molecule has 0 amide bonds. The summed E-state index contributed by atoms with van der Waals surface area (Å²) in [7, 11) is 0. The average Bonchev–Trinajstić information content (AvgIpc) is 2.61. The lowest BCUT2D eigenvalue weighted by Gasteiger charge is -1.95. The first-order chi connectivity index (χ1) is 6.70. The Labute approximate surface area is 85.1 Å². The van der Waals surface area contributed by atoms with Crippen molar-refractivity contribution in [3.05, 3.63) is 23.0 Å². The molecule has 2 aromatic heterocycles. The Balaban J connectivity index is 2.36. The molecular formula is C9H10N2O2S. The molecule has 0 aliphatic rings. The largest absolute Gasteiger partial charge is 0.461 e. The van der Waals surface area contributed by atoms with Gasteiger partial charge in [0.15, 0.2) is 10.7 Å². The van der Waals surface area contributed by atoms with Crippen LogP contribution in [0.25, 0.3) is 4.96 Å². The van der Waals surface area contributed by atoms with E-state index in [1.165, 1.54) is 4.88 Å². The molecule has 0 spiro atoms. The molecular weight excluding hydrogens is 200 g/mol. The van der Waals surface area contributed by atoms with Gasteiger partial charge in [-0.25, -0.2) is 9.78 Å². The molecule has 0 N–H and O–H groups in total. The third-order valence-electron chi connectivity index (χ3n) is 1.76. The zero-order valence-corrected chi connectivity index (χ0v) is 8.80. The molecule has 0 aliphatic heterocycles. The summed E-state index contributed by atoms with van der Waals surface area (Å²) in [6.45, 7) is 4.16. The summed E-state index contributed by atoms with van der Waals surface area (Å²) in [4.78, 5) is 17.5. The normalized spacial score (nSPS) is 10.7. The van der Waals surface area contributed by atoms with Gasteiger partial charge in [0.25, 0.3) is 0 Å². The summed E-state index contributed by atoms with van der Waals surface area (Å²) in [5.41, 5.74) is 0.373. The molecule has 74 valence electrons. The monoisotopic (exact) mass is 210 g/mol. The van der Waals surface area contributed by atoms with E-state index in [4.69, 9.17) is 4.74 Å². The average molecular weight is 210 g/mol. The third kappa shape index (κ3) is 1.50. The molecule has 0 saturated carbocycles. The number of nitrogens with zero attached hydrogens (tertiary/aromatic N) is 2. The van der Waals surface area contributed by atoms with E-state index in [1.54, 1.807) is 24.5 Å². The number of fused-ring (bicyclic) bond motifs is 1. The van der Waals surface area contributed by atoms with Crippen molar-refractivity contribution >= 4 is 22.3 Å². The van der Waals surface area contributed by atoms with Crippen molar-refractivity contribution in [2.24, 2.45) is 0 Å². The van der Waals surface area contributed by atoms with Crippen LogP contribution in [-0.2, 0) is 4.74 Å². The van der Waals surface area contributed by atoms with Crippen LogP contribution in [0.15, 0.2) is 12.4 Å². The lowest BCUT2D eigenvalue weighted by Crippen LogP contribution is -2.04. The number of aryl methyl sites for hydroxylation is 1. The van der Waals surface area contributed by atoms with Gasteiger partial charge in [-0.05, 0) is 13.8 Å². The van der Waals surface area contributed by atoms with Gasteiger partial charge >= 0.3 is 5.97 Å². The summed E-state index contributed by atoms with van der Waals surface area (Å²) in [6.07, 6.45) is 3.63. The lowest BCUT2D eigenvalue weighted by atomic mass is 10.5. The second kappa shape index (κ2) is 3.42. The van der Waals surface area contributed by atoms with Crippen molar-refractivity contribution in [2.45, 2.75) is 13.8 Å². The van der Waals surface area contributed by atoms with Gasteiger partial charge in [0.05, 0.1) is 6.61 Å². The molecule has 2 aromatic rings. The minimum Gasteiger partial charge on any atom is -0.461 e. The second-order valence-corrected chi connectivity index (χ2v) is 4.09. The molecule has 0 fully saturated rings. The van der Waals surface area contributed by atoms with E-state index in [0.717, 1.165) is 4.96 Å². The smallest absolute Gasteiger partial charge is 0.358 e. The van der Waals surface area contributed by atoms with E-state index in [2.05, 4.69) is 4.98 Å². The van der Waals surface area contributed by atoms with Crippen LogP contribution >= 0.6 is 11.3 Å². The number of carbonyl (C=O) groups is 1. The number of hydrogen-bond donors (Lipinski definition) is 0. The van der Waals surface area contributed by atoms with E-state index >= 15 is 0 Å². The number of thiazole rings is 1. The van der Waals surface area contributed by atoms with Crippen LogP contribution in [0.1, 0.15) is 22.3 Å². The van der Waals surface area contributed by atoms with Crippen LogP contribution < -0.4 is 0 Å². The first-order valence-corrected chi connectivity index (χ1v) is 5.14. The minimum absolute atomic E-state index is 0.360. The zero-order valence-electron chi connectivity index (χ0n) is 7.98. The fourth-order valence-corrected chi connectivity index (χ4v) is 2.02. The van der Waals surface area contributed by atoms with E-state index in [1.807, 2.05) is 17.5 Å². The van der Waals surface area contributed by atoms with Crippen molar-refractivity contribution in [2.75, 3.05) is 6.61 Å². The topological polar surface area (TPSA) is 43.6 Å². The van der Waals surface area contributed by atoms with E-state index < -0.39 is 0 Å². The van der Waals surface area contributed by atoms with Gasteiger partial charge in [-0.1, -0.05) is 0 Å². The highest BCUT2D eigenvalue weighted by Crippen LogP contribution is 2.16. The maximum absolute atomic E-state index is 11.3. The van der Waals surface area contributed by atoms with Gasteiger partial charge in [0.2, 0.25) is 0 Å². The molecule has 0 unspecified atom stereocenters. The van der Waals surface area contributed by atoms with Crippen molar-refractivity contribution < 1.29 is 9.53 Å². The Morgan fingerprint density at radius 1 is 1.64 bits per heavy atom. The summed E-state index contributed by atoms with van der Waals surface area (Å²) in [5, 5.41) is 0. The Kier molecular flexibility index (Phi) is 2.25. The summed E-state index contributed by atoms with van der Waals surface area (Å²) >= 11 is 1.55. The Hall–Kier alpha value is -1.36. The SMILES string of the molecule is CCOC(=O)c1cn2cc(C)sc2n1. The second-order valence-electron chi connectivity index (χ2n) is 2.88. The molecule has 2 heterocycles. The van der Waals surface area contributed by atoms with Gasteiger partial charge in [0.1, 0.15) is 0 Å². The van der Waals surface area contributed by atoms with Crippen LogP contribution in [0.4, 0.5) is 0 Å². The lowest BCUT2D eigenvalue weighted by molar-refractivity contribution is 0.0520. The number of ether oxygens (including phenoxy) is 1. The maximum Gasteiger partial charge on any atom is 0.358 e. The number of esters is 1. The number of hydrogen-bond acceptors (Lipinski definition) is 4. The summed E-state index contributed by atoms with van der Waals surface area (Å²) in [5.74, 6) is -0.360. The van der Waals surface area contributed by atoms with E-state index in [-0.39, 0.29) is 5.97 Å². The molecule has 5 heteroatoms. The van der Waals surface area contributed by atoms with E-state index in [9.17, 15) is 4.79 Å². The summed E-state index contributed by atoms with van der Waals surface area (Å²) < 4.78 is 6.69. The fraction of sp³-hybridized carbons (Fsp3) is 0.333. The van der Waals surface area contributed by atoms with Crippen LogP contribution in [-0.4, -0.2) is 22.0 Å². The van der Waals surface area contributed by atoms with Crippen molar-refractivity contribution in [1.82, 2.24) is 9.38 Å². The standard InChI is InChI=1S/C9H10N2O2S/c1-3-13-8(12)7-5-11-4-6(2)14-9(11)10-7/h4-5H,3H2,1-2H3. The Bertz CT molecular complexity index is 441. The van der Waals surface area contributed by atoms with E-state index in [0.29, 0.717) is 12.3 Å². The highest BCUT2D eigenvalue weighted by molar-refractivity contribution is 7.16.